The van der Waals surface area contributed by atoms with Crippen LogP contribution in [-0.2, 0) is 13.0 Å². The Kier molecular flexibility index (Phi) is 3.48. The van der Waals surface area contributed by atoms with E-state index in [4.69, 9.17) is 4.98 Å². The van der Waals surface area contributed by atoms with E-state index in [9.17, 15) is 4.79 Å². The van der Waals surface area contributed by atoms with Crippen LogP contribution in [0.3, 0.4) is 0 Å². The number of pyridine rings is 1. The Labute approximate surface area is 141 Å². The summed E-state index contributed by atoms with van der Waals surface area (Å²) in [7, 11) is 0. The molecule has 0 atom stereocenters. The lowest BCUT2D eigenvalue weighted by atomic mass is 9.88. The topological polar surface area (TPSA) is 47.8 Å². The Hall–Kier alpha value is -2.49. The fourth-order valence-electron chi connectivity index (χ4n) is 3.55. The third kappa shape index (κ3) is 2.62. The second kappa shape index (κ2) is 5.55. The first-order valence-electron chi connectivity index (χ1n) is 8.48. The summed E-state index contributed by atoms with van der Waals surface area (Å²) in [5, 5.41) is 0.691. The minimum absolute atomic E-state index is 0.0811. The Morgan fingerprint density at radius 1 is 1.17 bits per heavy atom. The van der Waals surface area contributed by atoms with Gasteiger partial charge in [0.05, 0.1) is 16.6 Å². The first-order valence-corrected chi connectivity index (χ1v) is 8.48. The molecule has 0 unspecified atom stereocenters. The van der Waals surface area contributed by atoms with E-state index in [1.54, 1.807) is 6.20 Å². The van der Waals surface area contributed by atoms with E-state index in [1.165, 1.54) is 0 Å². The summed E-state index contributed by atoms with van der Waals surface area (Å²) in [6, 6.07) is 11.7. The molecule has 1 aliphatic heterocycles. The molecule has 122 valence electrons. The van der Waals surface area contributed by atoms with Gasteiger partial charge < -0.3 is 0 Å². The quantitative estimate of drug-likeness (QED) is 0.685. The second-order valence-electron chi connectivity index (χ2n) is 7.38. The van der Waals surface area contributed by atoms with Crippen molar-refractivity contribution in [3.63, 3.8) is 0 Å². The Balaban J connectivity index is 1.90. The van der Waals surface area contributed by atoms with E-state index in [2.05, 4.69) is 18.8 Å². The fourth-order valence-corrected chi connectivity index (χ4v) is 3.55. The van der Waals surface area contributed by atoms with Gasteiger partial charge in [-0.15, -0.1) is 0 Å². The van der Waals surface area contributed by atoms with Gasteiger partial charge in [-0.1, -0.05) is 26.0 Å². The van der Waals surface area contributed by atoms with Crippen molar-refractivity contribution in [2.45, 2.75) is 39.7 Å². The van der Waals surface area contributed by atoms with Crippen LogP contribution < -0.4 is 5.56 Å². The maximum Gasteiger partial charge on any atom is 0.261 e. The van der Waals surface area contributed by atoms with Gasteiger partial charge in [-0.3, -0.25) is 14.3 Å². The van der Waals surface area contributed by atoms with Crippen molar-refractivity contribution in [2.24, 2.45) is 5.41 Å². The lowest BCUT2D eigenvalue weighted by molar-refractivity contribution is 0.286. The van der Waals surface area contributed by atoms with Crippen molar-refractivity contribution in [3.05, 3.63) is 58.8 Å². The normalized spacial score (nSPS) is 16.6. The van der Waals surface area contributed by atoms with E-state index in [0.29, 0.717) is 5.39 Å². The maximum absolute atomic E-state index is 13.0. The van der Waals surface area contributed by atoms with Crippen LogP contribution in [0.2, 0.25) is 0 Å². The first-order chi connectivity index (χ1) is 11.5. The van der Waals surface area contributed by atoms with Crippen molar-refractivity contribution in [3.8, 4) is 11.3 Å². The van der Waals surface area contributed by atoms with Crippen LogP contribution >= 0.6 is 0 Å². The summed E-state index contributed by atoms with van der Waals surface area (Å²) in [6.07, 6.45) is 4.83. The highest BCUT2D eigenvalue weighted by Gasteiger charge is 2.25. The molecule has 4 heteroatoms. The number of fused-ring (bicyclic) bond motifs is 2. The van der Waals surface area contributed by atoms with Crippen molar-refractivity contribution < 1.29 is 0 Å². The number of hydrogen-bond donors (Lipinski definition) is 0. The van der Waals surface area contributed by atoms with Crippen molar-refractivity contribution in [1.29, 1.82) is 0 Å². The maximum atomic E-state index is 13.0. The smallest absolute Gasteiger partial charge is 0.261 e. The largest absolute Gasteiger partial charge is 0.296 e. The number of rotatable bonds is 1. The molecule has 0 bridgehead atoms. The average molecular weight is 319 g/mol. The van der Waals surface area contributed by atoms with Gasteiger partial charge in [-0.25, -0.2) is 4.98 Å². The summed E-state index contributed by atoms with van der Waals surface area (Å²) in [5.74, 6) is 0.913. The fraction of sp³-hybridized carbons (Fsp3) is 0.350. The van der Waals surface area contributed by atoms with E-state index in [0.717, 1.165) is 48.4 Å². The average Bonchev–Trinajstić information content (AvgIpc) is 2.73. The van der Waals surface area contributed by atoms with Gasteiger partial charge in [0.15, 0.2) is 0 Å². The van der Waals surface area contributed by atoms with Gasteiger partial charge in [0.1, 0.15) is 5.82 Å². The van der Waals surface area contributed by atoms with E-state index in [-0.39, 0.29) is 11.0 Å². The molecule has 1 aliphatic rings. The van der Waals surface area contributed by atoms with E-state index >= 15 is 0 Å². The van der Waals surface area contributed by atoms with Crippen LogP contribution in [0.5, 0.6) is 0 Å². The summed E-state index contributed by atoms with van der Waals surface area (Å²) in [6.45, 7) is 5.19. The number of aromatic nitrogens is 3. The van der Waals surface area contributed by atoms with Crippen LogP contribution in [0.1, 0.15) is 32.5 Å². The molecule has 0 fully saturated rings. The summed E-state index contributed by atoms with van der Waals surface area (Å²) in [5.41, 5.74) is 2.89. The molecule has 0 amide bonds. The van der Waals surface area contributed by atoms with E-state index in [1.807, 2.05) is 41.0 Å². The third-order valence-corrected chi connectivity index (χ3v) is 4.84. The molecule has 3 aromatic rings. The van der Waals surface area contributed by atoms with Crippen LogP contribution in [0.25, 0.3) is 22.2 Å². The Morgan fingerprint density at radius 2 is 2.04 bits per heavy atom. The lowest BCUT2D eigenvalue weighted by Gasteiger charge is -2.23. The van der Waals surface area contributed by atoms with Gasteiger partial charge in [0, 0.05) is 24.7 Å². The van der Waals surface area contributed by atoms with Crippen LogP contribution in [-0.4, -0.2) is 14.5 Å². The second-order valence-corrected chi connectivity index (χ2v) is 7.38. The number of nitrogens with zero attached hydrogens (tertiary/aromatic N) is 3. The van der Waals surface area contributed by atoms with Crippen LogP contribution in [0.4, 0.5) is 0 Å². The van der Waals surface area contributed by atoms with Gasteiger partial charge in [0.25, 0.3) is 5.56 Å². The highest BCUT2D eigenvalue weighted by atomic mass is 16.1. The molecule has 0 aliphatic carbocycles. The molecule has 2 aromatic heterocycles. The zero-order valence-corrected chi connectivity index (χ0v) is 14.1. The zero-order chi connectivity index (χ0) is 16.7. The molecular formula is C20H21N3O. The number of aryl methyl sites for hydroxylation is 1. The predicted molar refractivity (Wildman–Crippen MR) is 96.0 cm³/mol. The molecule has 24 heavy (non-hydrogen) atoms. The number of benzene rings is 1. The van der Waals surface area contributed by atoms with Crippen molar-refractivity contribution in [1.82, 2.24) is 14.5 Å². The number of hydrogen-bond acceptors (Lipinski definition) is 3. The van der Waals surface area contributed by atoms with Crippen molar-refractivity contribution in [2.75, 3.05) is 0 Å². The SMILES string of the molecule is CC1(C)CCCc2nc3cc(-c4ccccn4)ccc3c(=O)n2C1. The molecule has 0 spiro atoms. The minimum Gasteiger partial charge on any atom is -0.296 e. The van der Waals surface area contributed by atoms with Gasteiger partial charge in [-0.2, -0.15) is 0 Å². The summed E-state index contributed by atoms with van der Waals surface area (Å²) >= 11 is 0. The Morgan fingerprint density at radius 3 is 2.83 bits per heavy atom. The Bertz CT molecular complexity index is 958. The molecule has 4 nitrogen and oxygen atoms in total. The van der Waals surface area contributed by atoms with Gasteiger partial charge in [0.2, 0.25) is 0 Å². The first kappa shape index (κ1) is 15.1. The molecule has 0 saturated heterocycles. The van der Waals surface area contributed by atoms with Crippen LogP contribution in [0, 0.1) is 5.41 Å². The van der Waals surface area contributed by atoms with Crippen LogP contribution in [0.15, 0.2) is 47.4 Å². The summed E-state index contributed by atoms with van der Waals surface area (Å²) in [4.78, 5) is 22.2. The zero-order valence-electron chi connectivity index (χ0n) is 14.1. The van der Waals surface area contributed by atoms with Crippen molar-refractivity contribution >= 4 is 10.9 Å². The van der Waals surface area contributed by atoms with Gasteiger partial charge >= 0.3 is 0 Å². The molecule has 1 aromatic carbocycles. The molecule has 3 heterocycles. The minimum atomic E-state index is 0.0811. The van der Waals surface area contributed by atoms with E-state index < -0.39 is 0 Å². The molecule has 4 rings (SSSR count). The molecule has 0 radical (unpaired) electrons. The standard InChI is InChI=1S/C20H21N3O/c1-20(2)10-5-7-18-22-17-12-14(16-6-3-4-11-21-16)8-9-15(17)19(24)23(18)13-20/h3-4,6,8-9,11-12H,5,7,10,13H2,1-2H3. The monoisotopic (exact) mass is 319 g/mol. The summed E-state index contributed by atoms with van der Waals surface area (Å²) < 4.78 is 1.88. The van der Waals surface area contributed by atoms with Gasteiger partial charge in [-0.05, 0) is 42.5 Å². The highest BCUT2D eigenvalue weighted by Crippen LogP contribution is 2.29. The lowest BCUT2D eigenvalue weighted by Crippen LogP contribution is -2.29. The third-order valence-electron chi connectivity index (χ3n) is 4.84. The molecular weight excluding hydrogens is 298 g/mol. The molecule has 0 N–H and O–H groups in total. The molecule has 0 saturated carbocycles. The predicted octanol–water partition coefficient (Wildman–Crippen LogP) is 3.82. The highest BCUT2D eigenvalue weighted by molar-refractivity contribution is 5.83.